The molecule has 3 rings (SSSR count). The fraction of sp³-hybridized carbons (Fsp3) is 0.263. The molecule has 130 valence electrons. The number of nitrogens with zero attached hydrogens (tertiary/aromatic N) is 1. The molecule has 0 saturated carbocycles. The van der Waals surface area contributed by atoms with E-state index < -0.39 is 0 Å². The fourth-order valence-corrected chi connectivity index (χ4v) is 3.41. The van der Waals surface area contributed by atoms with Gasteiger partial charge in [-0.05, 0) is 47.5 Å². The van der Waals surface area contributed by atoms with Crippen LogP contribution in [-0.4, -0.2) is 17.6 Å². The molecule has 1 N–H and O–H groups in total. The molecule has 0 atom stereocenters. The van der Waals surface area contributed by atoms with Crippen molar-refractivity contribution in [2.45, 2.75) is 26.4 Å². The molecule has 1 amide bonds. The van der Waals surface area contributed by atoms with Crippen LogP contribution in [0.5, 0.6) is 5.75 Å². The lowest BCUT2D eigenvalue weighted by Crippen LogP contribution is -2.32. The fourth-order valence-electron chi connectivity index (χ4n) is 2.77. The maximum Gasteiger partial charge on any atom is 0.268 e. The molecule has 0 unspecified atom stereocenters. The first kappa shape index (κ1) is 17.2. The van der Waals surface area contributed by atoms with Crippen molar-refractivity contribution in [2.75, 3.05) is 7.11 Å². The van der Waals surface area contributed by atoms with Crippen LogP contribution in [0.1, 0.15) is 28.7 Å². The Hall–Kier alpha value is -2.60. The predicted octanol–water partition coefficient (Wildman–Crippen LogP) is 3.41. The number of nitrogens with one attached hydrogen (secondary N) is 1. The summed E-state index contributed by atoms with van der Waals surface area (Å²) in [6, 6.07) is 11.0. The number of ether oxygens (including phenoxy) is 1. The number of aromatic nitrogens is 1. The van der Waals surface area contributed by atoms with Crippen molar-refractivity contribution in [3.05, 3.63) is 62.7 Å². The summed E-state index contributed by atoms with van der Waals surface area (Å²) in [7, 11) is 1.58. The number of hydrogen-bond donors (Lipinski definition) is 1. The van der Waals surface area contributed by atoms with Gasteiger partial charge in [0.15, 0.2) is 0 Å². The van der Waals surface area contributed by atoms with Gasteiger partial charge in [0.2, 0.25) is 0 Å². The molecule has 0 spiro atoms. The lowest BCUT2D eigenvalue weighted by atomic mass is 10.1. The molecule has 6 heteroatoms. The zero-order valence-corrected chi connectivity index (χ0v) is 15.1. The van der Waals surface area contributed by atoms with Crippen molar-refractivity contribution >= 4 is 28.0 Å². The summed E-state index contributed by atoms with van der Waals surface area (Å²) in [5, 5.41) is 6.16. The van der Waals surface area contributed by atoms with E-state index in [1.807, 2.05) is 24.4 Å². The lowest BCUT2D eigenvalue weighted by molar-refractivity contribution is 0.0940. The summed E-state index contributed by atoms with van der Waals surface area (Å²) in [5.41, 5.74) is 0.229. The second-order valence-corrected chi connectivity index (χ2v) is 6.73. The Kier molecular flexibility index (Phi) is 5.19. The first-order valence-electron chi connectivity index (χ1n) is 8.16. The standard InChI is InChI=1S/C19H20N2O3S/c1-3-8-21-17(18(22)20-12-15-5-4-9-25-15)11-13-10-14(24-2)6-7-16(13)19(21)23/h4-7,9-11H,3,8,12H2,1-2H3,(H,20,22). The molecular weight excluding hydrogens is 336 g/mol. The summed E-state index contributed by atoms with van der Waals surface area (Å²) < 4.78 is 6.78. The number of amides is 1. The van der Waals surface area contributed by atoms with Crippen molar-refractivity contribution in [1.29, 1.82) is 0 Å². The van der Waals surface area contributed by atoms with Crippen molar-refractivity contribution in [3.8, 4) is 5.75 Å². The molecule has 25 heavy (non-hydrogen) atoms. The molecule has 1 aromatic carbocycles. The minimum Gasteiger partial charge on any atom is -0.497 e. The highest BCUT2D eigenvalue weighted by Crippen LogP contribution is 2.20. The average Bonchev–Trinajstić information content (AvgIpc) is 3.15. The number of carbonyl (C=O) groups is 1. The van der Waals surface area contributed by atoms with E-state index in [-0.39, 0.29) is 11.5 Å². The lowest BCUT2D eigenvalue weighted by Gasteiger charge is -2.14. The minimum absolute atomic E-state index is 0.150. The van der Waals surface area contributed by atoms with Crippen LogP contribution >= 0.6 is 11.3 Å². The third kappa shape index (κ3) is 3.58. The van der Waals surface area contributed by atoms with Crippen LogP contribution in [0.2, 0.25) is 0 Å². The molecular formula is C19H20N2O3S. The number of thiophene rings is 1. The summed E-state index contributed by atoms with van der Waals surface area (Å²) in [5.74, 6) is 0.411. The highest BCUT2D eigenvalue weighted by Gasteiger charge is 2.15. The SMILES string of the molecule is CCCn1c(C(=O)NCc2cccs2)cc2cc(OC)ccc2c1=O. The summed E-state index contributed by atoms with van der Waals surface area (Å²) >= 11 is 1.59. The van der Waals surface area contributed by atoms with Gasteiger partial charge in [-0.1, -0.05) is 13.0 Å². The molecule has 2 heterocycles. The molecule has 5 nitrogen and oxygen atoms in total. The number of hydrogen-bond acceptors (Lipinski definition) is 4. The van der Waals surface area contributed by atoms with Crippen LogP contribution in [0, 0.1) is 0 Å². The molecule has 2 aromatic heterocycles. The number of carbonyl (C=O) groups excluding carboxylic acids is 1. The van der Waals surface area contributed by atoms with Gasteiger partial charge in [-0.2, -0.15) is 0 Å². The molecule has 0 aliphatic rings. The zero-order chi connectivity index (χ0) is 17.8. The van der Waals surface area contributed by atoms with Crippen LogP contribution in [0.3, 0.4) is 0 Å². The maximum absolute atomic E-state index is 12.8. The van der Waals surface area contributed by atoms with E-state index in [0.29, 0.717) is 35.3 Å². The van der Waals surface area contributed by atoms with E-state index in [1.165, 1.54) is 0 Å². The monoisotopic (exact) mass is 356 g/mol. The van der Waals surface area contributed by atoms with Crippen molar-refractivity contribution in [1.82, 2.24) is 9.88 Å². The van der Waals surface area contributed by atoms with Crippen LogP contribution in [0.25, 0.3) is 10.8 Å². The Balaban J connectivity index is 2.02. The normalized spacial score (nSPS) is 10.8. The van der Waals surface area contributed by atoms with E-state index in [2.05, 4.69) is 5.32 Å². The number of pyridine rings is 1. The number of rotatable bonds is 6. The minimum atomic E-state index is -0.247. The zero-order valence-electron chi connectivity index (χ0n) is 14.2. The second-order valence-electron chi connectivity index (χ2n) is 5.70. The quantitative estimate of drug-likeness (QED) is 0.736. The molecule has 0 aliphatic carbocycles. The maximum atomic E-state index is 12.8. The number of fused-ring (bicyclic) bond motifs is 1. The van der Waals surface area contributed by atoms with Crippen LogP contribution in [0.15, 0.2) is 46.6 Å². The van der Waals surface area contributed by atoms with Crippen molar-refractivity contribution < 1.29 is 9.53 Å². The van der Waals surface area contributed by atoms with Crippen molar-refractivity contribution in [3.63, 3.8) is 0 Å². The molecule has 0 aliphatic heterocycles. The van der Waals surface area contributed by atoms with E-state index in [9.17, 15) is 9.59 Å². The smallest absolute Gasteiger partial charge is 0.268 e. The molecule has 0 saturated heterocycles. The number of benzene rings is 1. The molecule has 0 fully saturated rings. The Morgan fingerprint density at radius 1 is 1.28 bits per heavy atom. The van der Waals surface area contributed by atoms with Gasteiger partial charge in [-0.3, -0.25) is 9.59 Å². The third-order valence-corrected chi connectivity index (χ3v) is 4.88. The summed E-state index contributed by atoms with van der Waals surface area (Å²) in [4.78, 5) is 26.6. The molecule has 0 radical (unpaired) electrons. The van der Waals surface area contributed by atoms with E-state index >= 15 is 0 Å². The summed E-state index contributed by atoms with van der Waals surface area (Å²) in [6.07, 6.45) is 0.771. The topological polar surface area (TPSA) is 60.3 Å². The Bertz CT molecular complexity index is 945. The van der Waals surface area contributed by atoms with Gasteiger partial charge in [0.1, 0.15) is 11.4 Å². The predicted molar refractivity (Wildman–Crippen MR) is 101 cm³/mol. The first-order chi connectivity index (χ1) is 12.1. The Morgan fingerprint density at radius 2 is 2.12 bits per heavy atom. The largest absolute Gasteiger partial charge is 0.497 e. The van der Waals surface area contributed by atoms with Gasteiger partial charge in [-0.25, -0.2) is 0 Å². The van der Waals surface area contributed by atoms with Crippen LogP contribution < -0.4 is 15.6 Å². The van der Waals surface area contributed by atoms with Gasteiger partial charge in [-0.15, -0.1) is 11.3 Å². The first-order valence-corrected chi connectivity index (χ1v) is 9.04. The van der Waals surface area contributed by atoms with Crippen LogP contribution in [0.4, 0.5) is 0 Å². The van der Waals surface area contributed by atoms with Gasteiger partial charge in [0, 0.05) is 16.8 Å². The average molecular weight is 356 g/mol. The van der Waals surface area contributed by atoms with Crippen molar-refractivity contribution in [2.24, 2.45) is 0 Å². The Labute approximate surface area is 149 Å². The van der Waals surface area contributed by atoms with Gasteiger partial charge in [0.05, 0.1) is 13.7 Å². The second kappa shape index (κ2) is 7.53. The highest BCUT2D eigenvalue weighted by atomic mass is 32.1. The third-order valence-electron chi connectivity index (χ3n) is 4.00. The van der Waals surface area contributed by atoms with Gasteiger partial charge < -0.3 is 14.6 Å². The molecule has 3 aromatic rings. The van der Waals surface area contributed by atoms with E-state index in [1.54, 1.807) is 47.3 Å². The van der Waals surface area contributed by atoms with E-state index in [4.69, 9.17) is 4.74 Å². The van der Waals surface area contributed by atoms with Gasteiger partial charge >= 0.3 is 0 Å². The Morgan fingerprint density at radius 3 is 2.80 bits per heavy atom. The van der Waals surface area contributed by atoms with E-state index in [0.717, 1.165) is 11.3 Å². The summed E-state index contributed by atoms with van der Waals surface area (Å²) in [6.45, 7) is 2.94. The molecule has 0 bridgehead atoms. The number of methoxy groups -OCH3 is 1. The highest BCUT2D eigenvalue weighted by molar-refractivity contribution is 7.09. The van der Waals surface area contributed by atoms with Gasteiger partial charge in [0.25, 0.3) is 11.5 Å². The van der Waals surface area contributed by atoms with Crippen LogP contribution in [-0.2, 0) is 13.1 Å².